The maximum Gasteiger partial charge on any atom is 0.406 e. The first kappa shape index (κ1) is 28.4. The molecule has 0 saturated carbocycles. The smallest absolute Gasteiger partial charge is 0.382 e. The largest absolute Gasteiger partial charge is 0.406 e. The van der Waals surface area contributed by atoms with E-state index in [1.54, 1.807) is 36.3 Å². The number of hydrazone groups is 1. The standard InChI is InChI=1S/C29H31F3N10O/c1-40-13-11-23(12-14-40)34-21-7-9-22(10-8-21)35-28-33-16-20-15-24(27(43)42(25(20)36-28)17-29(30,31)32)18-3-5-19(6-4-18)26-37-38-39-41(26)2/h3-10,15-16,23,34,38-39H,11-14,17H2,1-2H3,(H,33,35,36). The van der Waals surface area contributed by atoms with Crippen molar-refractivity contribution in [3.05, 3.63) is 76.7 Å². The van der Waals surface area contributed by atoms with Crippen LogP contribution in [0, 0.1) is 0 Å². The minimum absolute atomic E-state index is 0.0830. The van der Waals surface area contributed by atoms with Crippen LogP contribution < -0.4 is 27.3 Å². The Morgan fingerprint density at radius 2 is 1.65 bits per heavy atom. The average molecular weight is 593 g/mol. The lowest BCUT2D eigenvalue weighted by Crippen LogP contribution is -2.37. The number of rotatable bonds is 7. The number of piperidine rings is 1. The van der Waals surface area contributed by atoms with Crippen LogP contribution in [-0.4, -0.2) is 69.7 Å². The maximum absolute atomic E-state index is 13.7. The van der Waals surface area contributed by atoms with Gasteiger partial charge in [-0.1, -0.05) is 24.3 Å². The van der Waals surface area contributed by atoms with Crippen molar-refractivity contribution in [3.63, 3.8) is 0 Å². The fraction of sp³-hybridized carbons (Fsp3) is 0.310. The highest BCUT2D eigenvalue weighted by molar-refractivity contribution is 5.99. The van der Waals surface area contributed by atoms with Crippen molar-refractivity contribution in [2.24, 2.45) is 5.10 Å². The van der Waals surface area contributed by atoms with E-state index in [2.05, 4.69) is 48.7 Å². The fourth-order valence-electron chi connectivity index (χ4n) is 5.26. The minimum atomic E-state index is -4.64. The Kier molecular flexibility index (Phi) is 7.62. The van der Waals surface area contributed by atoms with E-state index < -0.39 is 18.3 Å². The molecule has 0 unspecified atom stereocenters. The van der Waals surface area contributed by atoms with E-state index in [-0.39, 0.29) is 17.2 Å². The van der Waals surface area contributed by atoms with Crippen LogP contribution in [0.25, 0.3) is 22.2 Å². The summed E-state index contributed by atoms with van der Waals surface area (Å²) in [4.78, 5) is 24.4. The summed E-state index contributed by atoms with van der Waals surface area (Å²) in [7, 11) is 3.90. The zero-order chi connectivity index (χ0) is 30.1. The van der Waals surface area contributed by atoms with E-state index in [0.717, 1.165) is 37.2 Å². The summed E-state index contributed by atoms with van der Waals surface area (Å²) < 4.78 is 41.6. The molecule has 4 N–H and O–H groups in total. The highest BCUT2D eigenvalue weighted by atomic mass is 19.4. The van der Waals surface area contributed by atoms with Crippen LogP contribution in [0.1, 0.15) is 18.4 Å². The average Bonchev–Trinajstić information content (AvgIpc) is 3.42. The molecule has 4 heterocycles. The van der Waals surface area contributed by atoms with Gasteiger partial charge in [0, 0.05) is 47.2 Å². The van der Waals surface area contributed by atoms with Gasteiger partial charge in [-0.15, -0.1) is 10.6 Å². The van der Waals surface area contributed by atoms with Crippen LogP contribution in [0.15, 0.2) is 70.7 Å². The van der Waals surface area contributed by atoms with Gasteiger partial charge in [0.2, 0.25) is 5.95 Å². The third kappa shape index (κ3) is 6.39. The summed E-state index contributed by atoms with van der Waals surface area (Å²) >= 11 is 0. The first-order valence-corrected chi connectivity index (χ1v) is 13.9. The highest BCUT2D eigenvalue weighted by Gasteiger charge is 2.30. The Labute approximate surface area is 245 Å². The van der Waals surface area contributed by atoms with Gasteiger partial charge in [-0.05, 0) is 68.9 Å². The van der Waals surface area contributed by atoms with Gasteiger partial charge in [-0.2, -0.15) is 18.2 Å². The molecule has 0 bridgehead atoms. The van der Waals surface area contributed by atoms with Crippen LogP contribution in [0.4, 0.5) is 30.5 Å². The number of pyridine rings is 1. The Bertz CT molecular complexity index is 1700. The molecule has 224 valence electrons. The minimum Gasteiger partial charge on any atom is -0.382 e. The molecule has 2 aromatic carbocycles. The third-order valence-electron chi connectivity index (χ3n) is 7.55. The number of hydrogen-bond acceptors (Lipinski definition) is 10. The molecule has 6 rings (SSSR count). The van der Waals surface area contributed by atoms with E-state index in [1.807, 2.05) is 24.3 Å². The van der Waals surface area contributed by atoms with E-state index in [0.29, 0.717) is 33.1 Å². The van der Waals surface area contributed by atoms with Crippen molar-refractivity contribution < 1.29 is 13.2 Å². The van der Waals surface area contributed by atoms with E-state index in [1.165, 1.54) is 12.3 Å². The van der Waals surface area contributed by atoms with Crippen molar-refractivity contribution in [3.8, 4) is 11.1 Å². The number of alkyl halides is 3. The fourth-order valence-corrected chi connectivity index (χ4v) is 5.26. The van der Waals surface area contributed by atoms with Crippen molar-refractivity contribution in [1.29, 1.82) is 0 Å². The molecule has 0 amide bonds. The molecule has 0 atom stereocenters. The van der Waals surface area contributed by atoms with E-state index >= 15 is 0 Å². The maximum atomic E-state index is 13.7. The molecule has 0 spiro atoms. The molecular weight excluding hydrogens is 561 g/mol. The summed E-state index contributed by atoms with van der Waals surface area (Å²) in [5.41, 5.74) is 7.51. The molecule has 1 saturated heterocycles. The highest BCUT2D eigenvalue weighted by Crippen LogP contribution is 2.26. The quantitative estimate of drug-likeness (QED) is 0.254. The Hall–Kier alpha value is -4.69. The van der Waals surface area contributed by atoms with Crippen LogP contribution >= 0.6 is 0 Å². The van der Waals surface area contributed by atoms with Gasteiger partial charge in [0.15, 0.2) is 5.84 Å². The van der Waals surface area contributed by atoms with Crippen molar-refractivity contribution in [1.82, 2.24) is 35.5 Å². The summed E-state index contributed by atoms with van der Waals surface area (Å²) in [6, 6.07) is 16.3. The van der Waals surface area contributed by atoms with Gasteiger partial charge >= 0.3 is 6.18 Å². The summed E-state index contributed by atoms with van der Waals surface area (Å²) in [5, 5.41) is 12.7. The summed E-state index contributed by atoms with van der Waals surface area (Å²) in [5.74, 6) is 0.704. The van der Waals surface area contributed by atoms with Gasteiger partial charge < -0.3 is 15.5 Å². The molecule has 0 radical (unpaired) electrons. The van der Waals surface area contributed by atoms with Gasteiger partial charge in [0.25, 0.3) is 5.56 Å². The molecule has 14 heteroatoms. The van der Waals surface area contributed by atoms with Crippen LogP contribution in [-0.2, 0) is 6.54 Å². The number of hydrogen-bond donors (Lipinski definition) is 4. The second-order valence-corrected chi connectivity index (χ2v) is 10.8. The number of halogens is 3. The van der Waals surface area contributed by atoms with E-state index in [4.69, 9.17) is 0 Å². The van der Waals surface area contributed by atoms with Gasteiger partial charge in [0.1, 0.15) is 12.2 Å². The Morgan fingerprint density at radius 3 is 2.30 bits per heavy atom. The number of aromatic nitrogens is 3. The lowest BCUT2D eigenvalue weighted by atomic mass is 10.0. The second kappa shape index (κ2) is 11.5. The molecule has 2 aliphatic rings. The topological polar surface area (TPSA) is 115 Å². The first-order chi connectivity index (χ1) is 20.6. The molecule has 4 aromatic rings. The molecule has 11 nitrogen and oxygen atoms in total. The Morgan fingerprint density at radius 1 is 0.977 bits per heavy atom. The predicted octanol–water partition coefficient (Wildman–Crippen LogP) is 3.89. The van der Waals surface area contributed by atoms with Crippen LogP contribution in [0.5, 0.6) is 0 Å². The van der Waals surface area contributed by atoms with Gasteiger partial charge in [0.05, 0.1) is 0 Å². The third-order valence-corrected chi connectivity index (χ3v) is 7.55. The number of anilines is 3. The van der Waals surface area contributed by atoms with Crippen molar-refractivity contribution in [2.75, 3.05) is 37.8 Å². The molecule has 1 fully saturated rings. The zero-order valence-corrected chi connectivity index (χ0v) is 23.6. The number of hydrazine groups is 2. The van der Waals surface area contributed by atoms with Crippen LogP contribution in [0.3, 0.4) is 0 Å². The number of fused-ring (bicyclic) bond motifs is 1. The lowest BCUT2D eigenvalue weighted by molar-refractivity contribution is -0.140. The molecule has 43 heavy (non-hydrogen) atoms. The Balaban J connectivity index is 1.27. The number of amidine groups is 1. The van der Waals surface area contributed by atoms with Gasteiger partial charge in [-0.25, -0.2) is 10.5 Å². The second-order valence-electron chi connectivity index (χ2n) is 10.8. The van der Waals surface area contributed by atoms with Crippen LogP contribution in [0.2, 0.25) is 0 Å². The number of nitrogens with zero attached hydrogens (tertiary/aromatic N) is 6. The lowest BCUT2D eigenvalue weighted by Gasteiger charge is -2.30. The summed E-state index contributed by atoms with van der Waals surface area (Å²) in [6.45, 7) is 0.613. The molecule has 2 aromatic heterocycles. The number of likely N-dealkylation sites (tertiary alicyclic amines) is 1. The number of benzene rings is 2. The van der Waals surface area contributed by atoms with Crippen molar-refractivity contribution >= 4 is 34.2 Å². The zero-order valence-electron chi connectivity index (χ0n) is 23.6. The normalized spacial score (nSPS) is 16.3. The predicted molar refractivity (Wildman–Crippen MR) is 160 cm³/mol. The summed E-state index contributed by atoms with van der Waals surface area (Å²) in [6.07, 6.45) is -1.09. The molecule has 2 aliphatic heterocycles. The monoisotopic (exact) mass is 592 g/mol. The molecular formula is C29H31F3N10O. The van der Waals surface area contributed by atoms with Crippen molar-refractivity contribution in [2.45, 2.75) is 31.6 Å². The first-order valence-electron chi connectivity index (χ1n) is 13.9. The number of nitrogens with one attached hydrogen (secondary N) is 4. The SMILES string of the molecule is CN1CCC(Nc2ccc(Nc3ncc4cc(-c5ccc(C6=NNNN6C)cc5)c(=O)n(CC(F)(F)F)c4n3)cc2)CC1. The molecule has 0 aliphatic carbocycles. The van der Waals surface area contributed by atoms with Gasteiger partial charge in [-0.3, -0.25) is 14.4 Å². The van der Waals surface area contributed by atoms with E-state index in [9.17, 15) is 18.0 Å².